The van der Waals surface area contributed by atoms with Crippen LogP contribution in [0.3, 0.4) is 0 Å². The van der Waals surface area contributed by atoms with Gasteiger partial charge in [-0.3, -0.25) is 9.59 Å². The van der Waals surface area contributed by atoms with Crippen LogP contribution in [0.1, 0.15) is 6.92 Å². The van der Waals surface area contributed by atoms with E-state index in [4.69, 9.17) is 5.11 Å². The predicted molar refractivity (Wildman–Crippen MR) is 66.9 cm³/mol. The van der Waals surface area contributed by atoms with Crippen LogP contribution < -0.4 is 10.0 Å². The summed E-state index contributed by atoms with van der Waals surface area (Å²) in [6, 6.07) is 5.97. The van der Waals surface area contributed by atoms with Gasteiger partial charge in [0.15, 0.2) is 0 Å². The Hall–Kier alpha value is -1.93. The van der Waals surface area contributed by atoms with Gasteiger partial charge in [0.1, 0.15) is 6.04 Å². The lowest BCUT2D eigenvalue weighted by Crippen LogP contribution is -2.47. The van der Waals surface area contributed by atoms with Gasteiger partial charge in [0.2, 0.25) is 15.9 Å². The standard InChI is InChI=1S/C11H14N2O5S/c1-8(14)12-7-10(11(15)16)13-19(17,18)9-5-3-2-4-6-9/h2-6,10,13H,7H2,1H3,(H,12,14)(H,15,16)/t10-/m0/s1. The van der Waals surface area contributed by atoms with Crippen molar-refractivity contribution in [2.75, 3.05) is 6.54 Å². The van der Waals surface area contributed by atoms with Crippen molar-refractivity contribution >= 4 is 21.9 Å². The first-order valence-corrected chi connectivity index (χ1v) is 6.86. The smallest absolute Gasteiger partial charge is 0.323 e. The number of carbonyl (C=O) groups excluding carboxylic acids is 1. The zero-order valence-electron chi connectivity index (χ0n) is 10.2. The molecule has 0 aliphatic rings. The summed E-state index contributed by atoms with van der Waals surface area (Å²) in [7, 11) is -3.93. The highest BCUT2D eigenvalue weighted by atomic mass is 32.2. The Morgan fingerprint density at radius 3 is 2.32 bits per heavy atom. The van der Waals surface area contributed by atoms with Crippen molar-refractivity contribution in [3.8, 4) is 0 Å². The van der Waals surface area contributed by atoms with Gasteiger partial charge < -0.3 is 10.4 Å². The van der Waals surface area contributed by atoms with Gasteiger partial charge in [0, 0.05) is 13.5 Å². The van der Waals surface area contributed by atoms with Crippen molar-refractivity contribution in [2.24, 2.45) is 0 Å². The van der Waals surface area contributed by atoms with Crippen LogP contribution in [0.5, 0.6) is 0 Å². The molecule has 1 amide bonds. The molecule has 19 heavy (non-hydrogen) atoms. The lowest BCUT2D eigenvalue weighted by Gasteiger charge is -2.14. The van der Waals surface area contributed by atoms with Crippen LogP contribution in [0.15, 0.2) is 35.2 Å². The number of rotatable bonds is 6. The topological polar surface area (TPSA) is 113 Å². The van der Waals surface area contributed by atoms with Crippen LogP contribution in [0.4, 0.5) is 0 Å². The Morgan fingerprint density at radius 2 is 1.84 bits per heavy atom. The molecule has 8 heteroatoms. The second-order valence-electron chi connectivity index (χ2n) is 3.76. The molecule has 0 saturated carbocycles. The highest BCUT2D eigenvalue weighted by molar-refractivity contribution is 7.89. The van der Waals surface area contributed by atoms with Gasteiger partial charge in [-0.2, -0.15) is 4.72 Å². The predicted octanol–water partition coefficient (Wildman–Crippen LogP) is -0.446. The number of nitrogens with one attached hydrogen (secondary N) is 2. The molecule has 0 aliphatic heterocycles. The van der Waals surface area contributed by atoms with Gasteiger partial charge in [-0.1, -0.05) is 18.2 Å². The van der Waals surface area contributed by atoms with E-state index in [2.05, 4.69) is 5.32 Å². The van der Waals surface area contributed by atoms with Crippen LogP contribution in [0.25, 0.3) is 0 Å². The van der Waals surface area contributed by atoms with E-state index in [9.17, 15) is 18.0 Å². The van der Waals surface area contributed by atoms with Gasteiger partial charge in [0.25, 0.3) is 0 Å². The maximum Gasteiger partial charge on any atom is 0.323 e. The van der Waals surface area contributed by atoms with E-state index in [1.165, 1.54) is 31.2 Å². The molecule has 0 unspecified atom stereocenters. The molecule has 0 radical (unpaired) electrons. The number of hydrogen-bond acceptors (Lipinski definition) is 4. The average Bonchev–Trinajstić information content (AvgIpc) is 2.35. The first-order chi connectivity index (χ1) is 8.83. The SMILES string of the molecule is CC(=O)NC[C@H](NS(=O)(=O)c1ccccc1)C(=O)O. The van der Waals surface area contributed by atoms with Gasteiger partial charge in [0.05, 0.1) is 4.90 Å². The van der Waals surface area contributed by atoms with Gasteiger partial charge in [-0.25, -0.2) is 8.42 Å². The Balaban J connectivity index is 2.84. The number of aliphatic carboxylic acids is 1. The third-order valence-corrected chi connectivity index (χ3v) is 3.69. The maximum atomic E-state index is 11.9. The number of hydrogen-bond donors (Lipinski definition) is 3. The van der Waals surface area contributed by atoms with E-state index < -0.39 is 27.9 Å². The number of carboxylic acid groups (broad SMARTS) is 1. The van der Waals surface area contributed by atoms with E-state index in [0.29, 0.717) is 0 Å². The Labute approximate surface area is 110 Å². The minimum Gasteiger partial charge on any atom is -0.480 e. The second kappa shape index (κ2) is 6.30. The lowest BCUT2D eigenvalue weighted by molar-refractivity contribution is -0.138. The molecule has 1 rings (SSSR count). The van der Waals surface area contributed by atoms with E-state index in [1.54, 1.807) is 6.07 Å². The van der Waals surface area contributed by atoms with Crippen molar-refractivity contribution in [1.82, 2.24) is 10.0 Å². The average molecular weight is 286 g/mol. The molecule has 104 valence electrons. The Bertz CT molecular complexity index is 556. The second-order valence-corrected chi connectivity index (χ2v) is 5.48. The van der Waals surface area contributed by atoms with Crippen LogP contribution in [-0.4, -0.2) is 38.0 Å². The highest BCUT2D eigenvalue weighted by Crippen LogP contribution is 2.07. The molecule has 1 aromatic rings. The summed E-state index contributed by atoms with van der Waals surface area (Å²) in [4.78, 5) is 21.6. The maximum absolute atomic E-state index is 11.9. The van der Waals surface area contributed by atoms with Crippen LogP contribution >= 0.6 is 0 Å². The monoisotopic (exact) mass is 286 g/mol. The molecule has 0 heterocycles. The van der Waals surface area contributed by atoms with Gasteiger partial charge >= 0.3 is 5.97 Å². The Kier molecular flexibility index (Phi) is 5.02. The van der Waals surface area contributed by atoms with E-state index in [-0.39, 0.29) is 11.4 Å². The zero-order valence-corrected chi connectivity index (χ0v) is 11.0. The molecule has 0 bridgehead atoms. The summed E-state index contributed by atoms with van der Waals surface area (Å²) < 4.78 is 25.8. The quantitative estimate of drug-likeness (QED) is 0.656. The van der Waals surface area contributed by atoms with Crippen molar-refractivity contribution in [3.05, 3.63) is 30.3 Å². The third-order valence-electron chi connectivity index (χ3n) is 2.20. The number of carboxylic acids is 1. The fraction of sp³-hybridized carbons (Fsp3) is 0.273. The molecular weight excluding hydrogens is 272 g/mol. The zero-order chi connectivity index (χ0) is 14.5. The molecule has 0 saturated heterocycles. The fourth-order valence-corrected chi connectivity index (χ4v) is 2.49. The van der Waals surface area contributed by atoms with E-state index in [0.717, 1.165) is 0 Å². The molecular formula is C11H14N2O5S. The fourth-order valence-electron chi connectivity index (χ4n) is 1.28. The highest BCUT2D eigenvalue weighted by Gasteiger charge is 2.25. The van der Waals surface area contributed by atoms with E-state index in [1.807, 2.05) is 4.72 Å². The molecule has 1 atom stereocenters. The van der Waals surface area contributed by atoms with Crippen molar-refractivity contribution < 1.29 is 23.1 Å². The van der Waals surface area contributed by atoms with Crippen molar-refractivity contribution in [2.45, 2.75) is 17.9 Å². The summed E-state index contributed by atoms with van der Waals surface area (Å²) in [5.74, 6) is -1.81. The largest absolute Gasteiger partial charge is 0.480 e. The van der Waals surface area contributed by atoms with Crippen LogP contribution in [-0.2, 0) is 19.6 Å². The molecule has 7 nitrogen and oxygen atoms in total. The van der Waals surface area contributed by atoms with Crippen LogP contribution in [0, 0.1) is 0 Å². The van der Waals surface area contributed by atoms with Gasteiger partial charge in [-0.05, 0) is 12.1 Å². The summed E-state index contributed by atoms with van der Waals surface area (Å²) in [6.45, 7) is 0.890. The first-order valence-electron chi connectivity index (χ1n) is 5.37. The lowest BCUT2D eigenvalue weighted by atomic mass is 10.3. The van der Waals surface area contributed by atoms with Crippen molar-refractivity contribution in [3.63, 3.8) is 0 Å². The Morgan fingerprint density at radius 1 is 1.26 bits per heavy atom. The molecule has 0 spiro atoms. The molecule has 3 N–H and O–H groups in total. The normalized spacial score (nSPS) is 12.7. The minimum absolute atomic E-state index is 0.0379. The summed E-state index contributed by atoms with van der Waals surface area (Å²) in [5.41, 5.74) is 0. The molecule has 0 aliphatic carbocycles. The first kappa shape index (κ1) is 15.1. The van der Waals surface area contributed by atoms with Crippen LogP contribution in [0.2, 0.25) is 0 Å². The minimum atomic E-state index is -3.93. The molecule has 1 aromatic carbocycles. The number of sulfonamides is 1. The number of amides is 1. The number of benzene rings is 1. The summed E-state index contributed by atoms with van der Waals surface area (Å²) >= 11 is 0. The summed E-state index contributed by atoms with van der Waals surface area (Å²) in [5, 5.41) is 11.2. The summed E-state index contributed by atoms with van der Waals surface area (Å²) in [6.07, 6.45) is 0. The van der Waals surface area contributed by atoms with E-state index >= 15 is 0 Å². The molecule has 0 fully saturated rings. The molecule has 0 aromatic heterocycles. The van der Waals surface area contributed by atoms with Gasteiger partial charge in [-0.15, -0.1) is 0 Å². The third kappa shape index (κ3) is 4.68. The van der Waals surface area contributed by atoms with Crippen molar-refractivity contribution in [1.29, 1.82) is 0 Å². The number of carbonyl (C=O) groups is 2.